The summed E-state index contributed by atoms with van der Waals surface area (Å²) in [6, 6.07) is 12.1. The number of carbonyl (C=O) groups excluding carboxylic acids is 1. The van der Waals surface area contributed by atoms with Gasteiger partial charge < -0.3 is 15.8 Å². The van der Waals surface area contributed by atoms with Crippen molar-refractivity contribution in [2.75, 3.05) is 12.4 Å². The lowest BCUT2D eigenvalue weighted by atomic mass is 9.99. The zero-order valence-corrected chi connectivity index (χ0v) is 12.3. The van der Waals surface area contributed by atoms with Crippen LogP contribution in [0, 0.1) is 5.41 Å². The molecule has 22 heavy (non-hydrogen) atoms. The number of carboxylic acids is 1. The summed E-state index contributed by atoms with van der Waals surface area (Å²) in [4.78, 5) is 22.0. The largest absolute Gasteiger partial charge is 0.475 e. The quantitative estimate of drug-likeness (QED) is 0.449. The van der Waals surface area contributed by atoms with Gasteiger partial charge in [0.05, 0.1) is 0 Å². The van der Waals surface area contributed by atoms with Crippen molar-refractivity contribution in [2.45, 2.75) is 6.92 Å². The summed E-state index contributed by atoms with van der Waals surface area (Å²) >= 11 is 0. The van der Waals surface area contributed by atoms with Crippen LogP contribution in [0.15, 0.2) is 42.5 Å². The van der Waals surface area contributed by atoms with Crippen LogP contribution in [0.5, 0.6) is 0 Å². The van der Waals surface area contributed by atoms with Crippen LogP contribution in [0.2, 0.25) is 0 Å². The second-order valence-electron chi connectivity index (χ2n) is 4.85. The molecule has 0 heterocycles. The number of ketones is 1. The molecule has 0 aliphatic heterocycles. The third-order valence-corrected chi connectivity index (χ3v) is 3.37. The highest BCUT2D eigenvalue weighted by Crippen LogP contribution is 2.26. The predicted octanol–water partition coefficient (Wildman–Crippen LogP) is 3.05. The van der Waals surface area contributed by atoms with Crippen molar-refractivity contribution >= 4 is 23.2 Å². The lowest BCUT2D eigenvalue weighted by molar-refractivity contribution is -0.131. The van der Waals surface area contributed by atoms with Crippen molar-refractivity contribution in [1.29, 1.82) is 5.41 Å². The third kappa shape index (κ3) is 3.03. The van der Waals surface area contributed by atoms with Crippen molar-refractivity contribution < 1.29 is 14.7 Å². The van der Waals surface area contributed by atoms with E-state index in [1.54, 1.807) is 26.1 Å². The second kappa shape index (κ2) is 6.22. The van der Waals surface area contributed by atoms with Crippen molar-refractivity contribution in [3.63, 3.8) is 0 Å². The number of anilines is 1. The van der Waals surface area contributed by atoms with Crippen molar-refractivity contribution in [2.24, 2.45) is 0 Å². The molecule has 5 nitrogen and oxygen atoms in total. The van der Waals surface area contributed by atoms with Gasteiger partial charge in [-0.15, -0.1) is 0 Å². The number of nitrogens with one attached hydrogen (secondary N) is 2. The molecule has 0 fully saturated rings. The molecule has 0 aromatic heterocycles. The number of hydrogen-bond acceptors (Lipinski definition) is 4. The van der Waals surface area contributed by atoms with Crippen LogP contribution in [0.25, 0.3) is 11.1 Å². The molecule has 0 amide bonds. The molecule has 0 aliphatic carbocycles. The van der Waals surface area contributed by atoms with Crippen molar-refractivity contribution in [3.05, 3.63) is 53.6 Å². The molecule has 0 spiro atoms. The van der Waals surface area contributed by atoms with Crippen molar-refractivity contribution in [1.82, 2.24) is 0 Å². The molecule has 112 valence electrons. The summed E-state index contributed by atoms with van der Waals surface area (Å²) in [6.45, 7) is 1.72. The Bertz CT molecular complexity index is 749. The summed E-state index contributed by atoms with van der Waals surface area (Å²) in [5, 5.41) is 19.5. The molecular formula is C17H16N2O3. The van der Waals surface area contributed by atoms with Gasteiger partial charge >= 0.3 is 5.97 Å². The Morgan fingerprint density at radius 2 is 1.64 bits per heavy atom. The minimum absolute atomic E-state index is 0.150. The molecular weight excluding hydrogens is 280 g/mol. The third-order valence-electron chi connectivity index (χ3n) is 3.37. The molecule has 0 aliphatic rings. The van der Waals surface area contributed by atoms with Gasteiger partial charge in [-0.1, -0.05) is 36.4 Å². The first-order chi connectivity index (χ1) is 10.4. The lowest BCUT2D eigenvalue weighted by Gasteiger charge is -2.11. The highest BCUT2D eigenvalue weighted by atomic mass is 16.4. The average Bonchev–Trinajstić information content (AvgIpc) is 2.53. The van der Waals surface area contributed by atoms with E-state index in [-0.39, 0.29) is 5.56 Å². The van der Waals surface area contributed by atoms with Gasteiger partial charge in [0, 0.05) is 29.6 Å². The van der Waals surface area contributed by atoms with Crippen LogP contribution in [0.4, 0.5) is 5.69 Å². The molecule has 2 aromatic carbocycles. The van der Waals surface area contributed by atoms with Gasteiger partial charge in [-0.3, -0.25) is 4.79 Å². The van der Waals surface area contributed by atoms with E-state index < -0.39 is 11.8 Å². The van der Waals surface area contributed by atoms with Gasteiger partial charge in [-0.25, -0.2) is 4.79 Å². The van der Waals surface area contributed by atoms with E-state index in [2.05, 4.69) is 5.32 Å². The van der Waals surface area contributed by atoms with E-state index in [1.807, 2.05) is 18.2 Å². The lowest BCUT2D eigenvalue weighted by Crippen LogP contribution is -2.12. The number of hydrogen-bond donors (Lipinski definition) is 3. The highest BCUT2D eigenvalue weighted by molar-refractivity contribution is 6.39. The topological polar surface area (TPSA) is 90.2 Å². The van der Waals surface area contributed by atoms with Crippen molar-refractivity contribution in [3.8, 4) is 11.1 Å². The Labute approximate surface area is 128 Å². The number of benzene rings is 2. The Morgan fingerprint density at radius 3 is 2.14 bits per heavy atom. The summed E-state index contributed by atoms with van der Waals surface area (Å²) in [5.41, 5.74) is 4.08. The summed E-state index contributed by atoms with van der Waals surface area (Å²) < 4.78 is 0. The maximum Gasteiger partial charge on any atom is 0.377 e. The van der Waals surface area contributed by atoms with Crippen LogP contribution >= 0.6 is 0 Å². The molecule has 5 heteroatoms. The van der Waals surface area contributed by atoms with E-state index in [0.29, 0.717) is 5.71 Å². The number of carbonyl (C=O) groups is 2. The molecule has 0 saturated heterocycles. The van der Waals surface area contributed by atoms with Crippen LogP contribution in [0.3, 0.4) is 0 Å². The SMILES string of the molecule is CNc1cc(-c2ccc(C(=O)C(=O)O)cc2)ccc1C(C)=N. The predicted molar refractivity (Wildman–Crippen MR) is 85.9 cm³/mol. The maximum atomic E-state index is 11.4. The maximum absolute atomic E-state index is 11.4. The zero-order chi connectivity index (χ0) is 16.3. The number of rotatable bonds is 5. The number of carboxylic acid groups (broad SMARTS) is 1. The molecule has 2 aromatic rings. The second-order valence-corrected chi connectivity index (χ2v) is 4.85. The Kier molecular flexibility index (Phi) is 4.36. The molecule has 3 N–H and O–H groups in total. The van der Waals surface area contributed by atoms with E-state index in [0.717, 1.165) is 22.4 Å². The van der Waals surface area contributed by atoms with Crippen LogP contribution in [-0.2, 0) is 4.79 Å². The standard InChI is InChI=1S/C17H16N2O3/c1-10(18)14-8-7-13(9-15(14)19-2)11-3-5-12(6-4-11)16(20)17(21)22/h3-9,18-19H,1-2H3,(H,21,22). The minimum Gasteiger partial charge on any atom is -0.475 e. The van der Waals surface area contributed by atoms with Gasteiger partial charge in [-0.2, -0.15) is 0 Å². The summed E-state index contributed by atoms with van der Waals surface area (Å²) in [5.74, 6) is -2.38. The summed E-state index contributed by atoms with van der Waals surface area (Å²) in [7, 11) is 1.79. The minimum atomic E-state index is -1.46. The van der Waals surface area contributed by atoms with E-state index in [1.165, 1.54) is 12.1 Å². The van der Waals surface area contributed by atoms with Gasteiger partial charge in [0.2, 0.25) is 0 Å². The molecule has 0 atom stereocenters. The highest BCUT2D eigenvalue weighted by Gasteiger charge is 2.14. The van der Waals surface area contributed by atoms with E-state index in [4.69, 9.17) is 10.5 Å². The fourth-order valence-corrected chi connectivity index (χ4v) is 2.20. The van der Waals surface area contributed by atoms with Gasteiger partial charge in [0.1, 0.15) is 0 Å². The first kappa shape index (κ1) is 15.4. The van der Waals surface area contributed by atoms with E-state index in [9.17, 15) is 9.59 Å². The Morgan fingerprint density at radius 1 is 1.05 bits per heavy atom. The van der Waals surface area contributed by atoms with Crippen LogP contribution in [-0.4, -0.2) is 29.6 Å². The Hall–Kier alpha value is -2.95. The molecule has 0 bridgehead atoms. The molecule has 0 unspecified atom stereocenters. The number of Topliss-reactive ketones (excluding diaryl/α,β-unsaturated/α-hetero) is 1. The molecule has 0 radical (unpaired) electrons. The Balaban J connectivity index is 2.38. The summed E-state index contributed by atoms with van der Waals surface area (Å²) in [6.07, 6.45) is 0. The fraction of sp³-hybridized carbons (Fsp3) is 0.118. The first-order valence-corrected chi connectivity index (χ1v) is 6.69. The fourth-order valence-electron chi connectivity index (χ4n) is 2.20. The normalized spacial score (nSPS) is 10.1. The number of aliphatic carboxylic acids is 1. The molecule has 2 rings (SSSR count). The smallest absolute Gasteiger partial charge is 0.377 e. The van der Waals surface area contributed by atoms with Crippen LogP contribution < -0.4 is 5.32 Å². The first-order valence-electron chi connectivity index (χ1n) is 6.69. The van der Waals surface area contributed by atoms with Crippen LogP contribution in [0.1, 0.15) is 22.8 Å². The molecule has 0 saturated carbocycles. The monoisotopic (exact) mass is 296 g/mol. The van der Waals surface area contributed by atoms with Gasteiger partial charge in [0.25, 0.3) is 5.78 Å². The average molecular weight is 296 g/mol. The zero-order valence-electron chi connectivity index (χ0n) is 12.3. The van der Waals surface area contributed by atoms with Gasteiger partial charge in [0.15, 0.2) is 0 Å². The van der Waals surface area contributed by atoms with E-state index >= 15 is 0 Å². The van der Waals surface area contributed by atoms with Gasteiger partial charge in [-0.05, 0) is 24.1 Å².